The topological polar surface area (TPSA) is 73.4 Å². The minimum absolute atomic E-state index is 0.0753. The monoisotopic (exact) mass is 288 g/mol. The third-order valence-electron chi connectivity index (χ3n) is 3.64. The van der Waals surface area contributed by atoms with Gasteiger partial charge in [0.05, 0.1) is 16.6 Å². The van der Waals surface area contributed by atoms with Crippen LogP contribution in [0.1, 0.15) is 19.4 Å². The molecule has 0 N–H and O–H groups in total. The minimum atomic E-state index is -0.378. The maximum absolute atomic E-state index is 11.2. The summed E-state index contributed by atoms with van der Waals surface area (Å²) in [7, 11) is 0. The molecule has 0 amide bonds. The summed E-state index contributed by atoms with van der Waals surface area (Å²) in [5, 5.41) is 20.1. The molecule has 0 aromatic heterocycles. The summed E-state index contributed by atoms with van der Waals surface area (Å²) in [5.41, 5.74) is 1.09. The van der Waals surface area contributed by atoms with E-state index in [1.165, 1.54) is 12.1 Å². The van der Waals surface area contributed by atoms with Gasteiger partial charge in [0.15, 0.2) is 0 Å². The lowest BCUT2D eigenvalue weighted by Gasteiger charge is -2.36. The van der Waals surface area contributed by atoms with E-state index in [9.17, 15) is 10.1 Å². The SMILES string of the molecule is CC(C)CN1CCN(c2cc(C#N)ccc2[N+](=O)[O-])CC1. The van der Waals surface area contributed by atoms with Gasteiger partial charge in [-0.05, 0) is 18.1 Å². The summed E-state index contributed by atoms with van der Waals surface area (Å²) in [4.78, 5) is 15.2. The number of rotatable bonds is 4. The predicted octanol–water partition coefficient (Wildman–Crippen LogP) is 2.24. The molecule has 1 saturated heterocycles. The molecule has 6 heteroatoms. The smallest absolute Gasteiger partial charge is 0.292 e. The Morgan fingerprint density at radius 1 is 1.33 bits per heavy atom. The fourth-order valence-electron chi connectivity index (χ4n) is 2.69. The van der Waals surface area contributed by atoms with Gasteiger partial charge in [-0.15, -0.1) is 0 Å². The highest BCUT2D eigenvalue weighted by Gasteiger charge is 2.24. The molecule has 1 aliphatic rings. The lowest BCUT2D eigenvalue weighted by molar-refractivity contribution is -0.384. The van der Waals surface area contributed by atoms with E-state index >= 15 is 0 Å². The van der Waals surface area contributed by atoms with Crippen molar-refractivity contribution in [3.8, 4) is 6.07 Å². The number of nitrogens with zero attached hydrogens (tertiary/aromatic N) is 4. The molecule has 1 heterocycles. The summed E-state index contributed by atoms with van der Waals surface area (Å²) in [6.07, 6.45) is 0. The Morgan fingerprint density at radius 3 is 2.52 bits per heavy atom. The van der Waals surface area contributed by atoms with Crippen LogP contribution >= 0.6 is 0 Å². The van der Waals surface area contributed by atoms with Crippen LogP contribution in [0, 0.1) is 27.4 Å². The van der Waals surface area contributed by atoms with Gasteiger partial charge in [-0.2, -0.15) is 5.26 Å². The van der Waals surface area contributed by atoms with Gasteiger partial charge in [0.1, 0.15) is 5.69 Å². The number of hydrogen-bond donors (Lipinski definition) is 0. The van der Waals surface area contributed by atoms with Crippen LogP contribution in [0.3, 0.4) is 0 Å². The zero-order valence-corrected chi connectivity index (χ0v) is 12.5. The zero-order valence-electron chi connectivity index (χ0n) is 12.5. The first-order chi connectivity index (χ1) is 10.0. The highest BCUT2D eigenvalue weighted by molar-refractivity contribution is 5.66. The van der Waals surface area contributed by atoms with Crippen LogP contribution in [0.15, 0.2) is 18.2 Å². The Balaban J connectivity index is 2.16. The number of benzene rings is 1. The Labute approximate surface area is 124 Å². The van der Waals surface area contributed by atoms with Gasteiger partial charge < -0.3 is 4.90 Å². The van der Waals surface area contributed by atoms with Crippen LogP contribution in [-0.4, -0.2) is 42.5 Å². The molecule has 0 atom stereocenters. The van der Waals surface area contributed by atoms with Crippen molar-refractivity contribution in [1.29, 1.82) is 5.26 Å². The quantitative estimate of drug-likeness (QED) is 0.627. The number of nitro benzene ring substituents is 1. The van der Waals surface area contributed by atoms with Gasteiger partial charge in [0, 0.05) is 38.8 Å². The Kier molecular flexibility index (Phi) is 4.76. The van der Waals surface area contributed by atoms with Crippen molar-refractivity contribution in [3.63, 3.8) is 0 Å². The molecule has 1 aromatic rings. The second kappa shape index (κ2) is 6.55. The number of nitriles is 1. The molecule has 0 saturated carbocycles. The van der Waals surface area contributed by atoms with Crippen molar-refractivity contribution >= 4 is 11.4 Å². The van der Waals surface area contributed by atoms with E-state index in [4.69, 9.17) is 5.26 Å². The van der Waals surface area contributed by atoms with Crippen molar-refractivity contribution in [2.45, 2.75) is 13.8 Å². The number of hydrogen-bond acceptors (Lipinski definition) is 5. The third-order valence-corrected chi connectivity index (χ3v) is 3.64. The van der Waals surface area contributed by atoms with E-state index in [1.54, 1.807) is 6.07 Å². The fraction of sp³-hybridized carbons (Fsp3) is 0.533. The van der Waals surface area contributed by atoms with Gasteiger partial charge in [-0.25, -0.2) is 0 Å². The maximum atomic E-state index is 11.2. The summed E-state index contributed by atoms with van der Waals surface area (Å²) < 4.78 is 0. The lowest BCUT2D eigenvalue weighted by Crippen LogP contribution is -2.47. The summed E-state index contributed by atoms with van der Waals surface area (Å²) in [6, 6.07) is 6.59. The maximum Gasteiger partial charge on any atom is 0.292 e. The summed E-state index contributed by atoms with van der Waals surface area (Å²) >= 11 is 0. The molecule has 0 spiro atoms. The van der Waals surface area contributed by atoms with Crippen LogP contribution in [0.4, 0.5) is 11.4 Å². The van der Waals surface area contributed by atoms with E-state index < -0.39 is 0 Å². The molecular weight excluding hydrogens is 268 g/mol. The van der Waals surface area contributed by atoms with Crippen molar-refractivity contribution in [2.75, 3.05) is 37.6 Å². The highest BCUT2D eigenvalue weighted by Crippen LogP contribution is 2.30. The predicted molar refractivity (Wildman–Crippen MR) is 81.3 cm³/mol. The summed E-state index contributed by atoms with van der Waals surface area (Å²) in [5.74, 6) is 0.618. The van der Waals surface area contributed by atoms with E-state index in [0.29, 0.717) is 17.2 Å². The van der Waals surface area contributed by atoms with Crippen LogP contribution < -0.4 is 4.90 Å². The molecule has 2 rings (SSSR count). The minimum Gasteiger partial charge on any atom is -0.363 e. The standard InChI is InChI=1S/C15H20N4O2/c1-12(2)11-17-5-7-18(8-6-17)15-9-13(10-16)3-4-14(15)19(20)21/h3-4,9,12H,5-8,11H2,1-2H3. The van der Waals surface area contributed by atoms with Gasteiger partial charge in [0.25, 0.3) is 5.69 Å². The van der Waals surface area contributed by atoms with Crippen molar-refractivity contribution in [2.24, 2.45) is 5.92 Å². The molecule has 0 radical (unpaired) electrons. The number of nitro groups is 1. The molecule has 1 aliphatic heterocycles. The summed E-state index contributed by atoms with van der Waals surface area (Å²) in [6.45, 7) is 8.72. The fourth-order valence-corrected chi connectivity index (χ4v) is 2.69. The van der Waals surface area contributed by atoms with Gasteiger partial charge in [-0.3, -0.25) is 15.0 Å². The lowest BCUT2D eigenvalue weighted by atomic mass is 10.1. The highest BCUT2D eigenvalue weighted by atomic mass is 16.6. The van der Waals surface area contributed by atoms with Crippen molar-refractivity contribution < 1.29 is 4.92 Å². The Bertz CT molecular complexity index is 557. The second-order valence-corrected chi connectivity index (χ2v) is 5.75. The molecule has 6 nitrogen and oxygen atoms in total. The van der Waals surface area contributed by atoms with Gasteiger partial charge >= 0.3 is 0 Å². The second-order valence-electron chi connectivity index (χ2n) is 5.75. The number of piperazine rings is 1. The molecular formula is C15H20N4O2. The average molecular weight is 288 g/mol. The van der Waals surface area contributed by atoms with Crippen LogP contribution in [0.25, 0.3) is 0 Å². The first-order valence-corrected chi connectivity index (χ1v) is 7.17. The van der Waals surface area contributed by atoms with E-state index in [2.05, 4.69) is 18.7 Å². The van der Waals surface area contributed by atoms with Gasteiger partial charge in [-0.1, -0.05) is 13.8 Å². The van der Waals surface area contributed by atoms with Crippen LogP contribution in [-0.2, 0) is 0 Å². The Hall–Kier alpha value is -2.13. The molecule has 112 valence electrons. The molecule has 0 aliphatic carbocycles. The van der Waals surface area contributed by atoms with Crippen molar-refractivity contribution in [3.05, 3.63) is 33.9 Å². The average Bonchev–Trinajstić information content (AvgIpc) is 2.46. The van der Waals surface area contributed by atoms with E-state index in [0.717, 1.165) is 32.7 Å². The van der Waals surface area contributed by atoms with Crippen LogP contribution in [0.5, 0.6) is 0 Å². The van der Waals surface area contributed by atoms with Gasteiger partial charge in [0.2, 0.25) is 0 Å². The van der Waals surface area contributed by atoms with E-state index in [-0.39, 0.29) is 10.6 Å². The largest absolute Gasteiger partial charge is 0.363 e. The molecule has 0 bridgehead atoms. The normalized spacial score (nSPS) is 16.0. The van der Waals surface area contributed by atoms with Crippen LogP contribution in [0.2, 0.25) is 0 Å². The van der Waals surface area contributed by atoms with Crippen molar-refractivity contribution in [1.82, 2.24) is 4.90 Å². The van der Waals surface area contributed by atoms with E-state index in [1.807, 2.05) is 11.0 Å². The zero-order chi connectivity index (χ0) is 15.4. The first kappa shape index (κ1) is 15.3. The third kappa shape index (κ3) is 3.70. The Morgan fingerprint density at radius 2 is 2.00 bits per heavy atom. The molecule has 0 unspecified atom stereocenters. The molecule has 1 aromatic carbocycles. The number of anilines is 1. The first-order valence-electron chi connectivity index (χ1n) is 7.17. The molecule has 1 fully saturated rings. The molecule has 21 heavy (non-hydrogen) atoms.